The van der Waals surface area contributed by atoms with Gasteiger partial charge in [-0.15, -0.1) is 0 Å². The van der Waals surface area contributed by atoms with E-state index in [4.69, 9.17) is 18.9 Å². The van der Waals surface area contributed by atoms with Crippen LogP contribution >= 0.6 is 0 Å². The van der Waals surface area contributed by atoms with E-state index in [9.17, 15) is 19.2 Å². The van der Waals surface area contributed by atoms with Crippen molar-refractivity contribution in [2.45, 2.75) is 116 Å². The van der Waals surface area contributed by atoms with E-state index in [1.165, 1.54) is 14.7 Å². The summed E-state index contributed by atoms with van der Waals surface area (Å²) in [5, 5.41) is 2.83. The highest BCUT2D eigenvalue weighted by atomic mass is 16.6. The minimum Gasteiger partial charge on any atom is -0.450 e. The zero-order valence-electron chi connectivity index (χ0n) is 27.1. The average Bonchev–Trinajstić information content (AvgIpc) is 2.99. The Bertz CT molecular complexity index is 814. The Kier molecular flexibility index (Phi) is 17.1. The van der Waals surface area contributed by atoms with Crippen LogP contribution in [0.5, 0.6) is 0 Å². The number of ether oxygens (including phenoxy) is 4. The van der Waals surface area contributed by atoms with Crippen molar-refractivity contribution in [1.29, 1.82) is 0 Å². The van der Waals surface area contributed by atoms with E-state index in [-0.39, 0.29) is 39.4 Å². The van der Waals surface area contributed by atoms with Crippen LogP contribution in [-0.2, 0) is 18.9 Å². The van der Waals surface area contributed by atoms with Gasteiger partial charge in [0.1, 0.15) is 5.66 Å². The van der Waals surface area contributed by atoms with Gasteiger partial charge in [0.2, 0.25) is 0 Å². The number of amides is 4. The maximum absolute atomic E-state index is 13.3. The second-order valence-electron chi connectivity index (χ2n) is 11.2. The number of carbonyl (C=O) groups excluding carboxylic acids is 4. The van der Waals surface area contributed by atoms with Gasteiger partial charge >= 0.3 is 24.4 Å². The first-order chi connectivity index (χ1) is 20.0. The van der Waals surface area contributed by atoms with Gasteiger partial charge in [0.15, 0.2) is 0 Å². The highest BCUT2D eigenvalue weighted by Gasteiger charge is 2.55. The number of hydrogen-bond donors (Lipinski definition) is 1. The van der Waals surface area contributed by atoms with Crippen LogP contribution in [0.4, 0.5) is 19.2 Å². The van der Waals surface area contributed by atoms with Crippen molar-refractivity contribution in [1.82, 2.24) is 20.0 Å². The molecule has 12 nitrogen and oxygen atoms in total. The Labute approximate surface area is 252 Å². The lowest BCUT2D eigenvalue weighted by Gasteiger charge is -2.56. The van der Waals surface area contributed by atoms with Gasteiger partial charge in [-0.05, 0) is 44.9 Å². The lowest BCUT2D eigenvalue weighted by atomic mass is 9.73. The third kappa shape index (κ3) is 10.7. The fraction of sp³-hybridized carbons (Fsp3) is 0.867. The van der Waals surface area contributed by atoms with Crippen molar-refractivity contribution in [2.75, 3.05) is 54.1 Å². The number of likely N-dealkylation sites (N-methyl/N-ethyl adjacent to an activating group) is 1. The summed E-state index contributed by atoms with van der Waals surface area (Å²) in [5.41, 5.74) is -2.22. The number of hydrogen-bond acceptors (Lipinski definition) is 8. The van der Waals surface area contributed by atoms with Crippen LogP contribution in [0.3, 0.4) is 0 Å². The lowest BCUT2D eigenvalue weighted by Crippen LogP contribution is -2.70. The molecule has 0 bridgehead atoms. The molecule has 244 valence electrons. The Balaban J connectivity index is 3.48. The van der Waals surface area contributed by atoms with Gasteiger partial charge < -0.3 is 29.2 Å². The third-order valence-corrected chi connectivity index (χ3v) is 8.08. The fourth-order valence-corrected chi connectivity index (χ4v) is 5.09. The quantitative estimate of drug-likeness (QED) is 0.120. The van der Waals surface area contributed by atoms with Crippen LogP contribution in [0, 0.1) is 0 Å². The maximum Gasteiger partial charge on any atom is 0.411 e. The number of alkyl carbamates (subject to hydrolysis) is 1. The number of rotatable bonds is 17. The van der Waals surface area contributed by atoms with Gasteiger partial charge in [0.25, 0.3) is 0 Å². The van der Waals surface area contributed by atoms with Gasteiger partial charge in [-0.2, -0.15) is 0 Å². The van der Waals surface area contributed by atoms with Gasteiger partial charge in [-0.3, -0.25) is 9.80 Å². The summed E-state index contributed by atoms with van der Waals surface area (Å²) >= 11 is 0. The smallest absolute Gasteiger partial charge is 0.411 e. The molecular weight excluding hydrogens is 544 g/mol. The largest absolute Gasteiger partial charge is 0.450 e. The zero-order chi connectivity index (χ0) is 31.6. The van der Waals surface area contributed by atoms with Crippen molar-refractivity contribution in [3.05, 3.63) is 0 Å². The molecule has 1 fully saturated rings. The molecule has 1 saturated carbocycles. The number of nitrogens with zero attached hydrogens (tertiary/aromatic N) is 3. The Morgan fingerprint density at radius 3 is 1.45 bits per heavy atom. The summed E-state index contributed by atoms with van der Waals surface area (Å²) in [6.45, 7) is 9.11. The van der Waals surface area contributed by atoms with E-state index in [2.05, 4.69) is 5.32 Å². The summed E-state index contributed by atoms with van der Waals surface area (Å²) in [7, 11) is 4.84. The summed E-state index contributed by atoms with van der Waals surface area (Å²) in [6.07, 6.45) is 5.66. The summed E-state index contributed by atoms with van der Waals surface area (Å²) < 4.78 is 22.0. The molecule has 0 radical (unpaired) electrons. The SMILES string of the molecule is CCCCOC(=O)NCC1(N(C)C(=O)OCCCC)CCCC(N(C)C(=O)OCCCC)(N(C)C(=O)OCCCC)C1. The molecule has 42 heavy (non-hydrogen) atoms. The van der Waals surface area contributed by atoms with E-state index in [0.717, 1.165) is 38.5 Å². The highest BCUT2D eigenvalue weighted by molar-refractivity contribution is 5.73. The first-order valence-electron chi connectivity index (χ1n) is 15.7. The molecule has 0 saturated heterocycles. The van der Waals surface area contributed by atoms with Gasteiger partial charge in [0.05, 0.1) is 32.0 Å². The molecule has 0 aromatic heterocycles. The van der Waals surface area contributed by atoms with Crippen molar-refractivity contribution in [3.63, 3.8) is 0 Å². The second-order valence-corrected chi connectivity index (χ2v) is 11.2. The minimum atomic E-state index is -1.21. The van der Waals surface area contributed by atoms with E-state index < -0.39 is 35.6 Å². The van der Waals surface area contributed by atoms with Crippen LogP contribution in [-0.4, -0.2) is 104 Å². The van der Waals surface area contributed by atoms with E-state index >= 15 is 0 Å². The van der Waals surface area contributed by atoms with Crippen molar-refractivity contribution in [2.24, 2.45) is 0 Å². The molecule has 4 amide bonds. The van der Waals surface area contributed by atoms with Gasteiger partial charge in [-0.25, -0.2) is 19.2 Å². The summed E-state index contributed by atoms with van der Waals surface area (Å²) in [4.78, 5) is 57.0. The topological polar surface area (TPSA) is 127 Å². The predicted molar refractivity (Wildman–Crippen MR) is 160 cm³/mol. The fourth-order valence-electron chi connectivity index (χ4n) is 5.09. The molecule has 0 aliphatic heterocycles. The molecule has 1 N–H and O–H groups in total. The summed E-state index contributed by atoms with van der Waals surface area (Å²) in [6, 6.07) is 0. The Hall–Kier alpha value is -2.92. The standard InChI is InChI=1S/C30H56N4O8/c1-8-12-19-39-25(35)31-24-29(32(5)26(36)40-20-13-9-2)17-16-18-30(23-29,33(6)27(37)41-21-14-10-3)34(7)28(38)42-22-15-11-4/h8-24H2,1-7H3,(H,31,35). The predicted octanol–water partition coefficient (Wildman–Crippen LogP) is 6.13. The first-order valence-corrected chi connectivity index (χ1v) is 15.7. The van der Waals surface area contributed by atoms with Crippen molar-refractivity contribution >= 4 is 24.4 Å². The molecule has 1 aliphatic carbocycles. The van der Waals surface area contributed by atoms with Gasteiger partial charge in [-0.1, -0.05) is 53.4 Å². The highest BCUT2D eigenvalue weighted by Crippen LogP contribution is 2.44. The molecule has 0 heterocycles. The Morgan fingerprint density at radius 1 is 0.619 bits per heavy atom. The molecule has 0 aromatic carbocycles. The van der Waals surface area contributed by atoms with Crippen LogP contribution in [0.15, 0.2) is 0 Å². The van der Waals surface area contributed by atoms with Crippen molar-refractivity contribution in [3.8, 4) is 0 Å². The zero-order valence-corrected chi connectivity index (χ0v) is 27.1. The average molecular weight is 601 g/mol. The van der Waals surface area contributed by atoms with E-state index in [1.54, 1.807) is 21.1 Å². The molecular formula is C30H56N4O8. The molecule has 12 heteroatoms. The number of carbonyl (C=O) groups is 4. The van der Waals surface area contributed by atoms with Crippen LogP contribution < -0.4 is 5.32 Å². The Morgan fingerprint density at radius 2 is 1.02 bits per heavy atom. The van der Waals surface area contributed by atoms with Crippen molar-refractivity contribution < 1.29 is 38.1 Å². The number of unbranched alkanes of at least 4 members (excludes halogenated alkanes) is 4. The summed E-state index contributed by atoms with van der Waals surface area (Å²) in [5.74, 6) is 0. The van der Waals surface area contributed by atoms with Crippen LogP contribution in [0.1, 0.15) is 105 Å². The maximum atomic E-state index is 13.3. The molecule has 1 atom stereocenters. The lowest BCUT2D eigenvalue weighted by molar-refractivity contribution is -0.0863. The normalized spacial score (nSPS) is 17.5. The van der Waals surface area contributed by atoms with Gasteiger partial charge in [0, 0.05) is 34.1 Å². The van der Waals surface area contributed by atoms with E-state index in [1.807, 2.05) is 27.7 Å². The molecule has 0 spiro atoms. The minimum absolute atomic E-state index is 0.0382. The van der Waals surface area contributed by atoms with Crippen LogP contribution in [0.25, 0.3) is 0 Å². The molecule has 1 unspecified atom stereocenters. The molecule has 0 aromatic rings. The second kappa shape index (κ2) is 19.3. The molecule has 1 aliphatic rings. The monoisotopic (exact) mass is 600 g/mol. The number of nitrogens with one attached hydrogen (secondary N) is 1. The van der Waals surface area contributed by atoms with E-state index in [0.29, 0.717) is 32.1 Å². The molecule has 1 rings (SSSR count). The first kappa shape index (κ1) is 37.1. The third-order valence-electron chi connectivity index (χ3n) is 8.08. The van der Waals surface area contributed by atoms with Crippen LogP contribution in [0.2, 0.25) is 0 Å².